The highest BCUT2D eigenvalue weighted by Gasteiger charge is 2.29. The maximum absolute atomic E-state index is 11.5. The van der Waals surface area contributed by atoms with Crippen LogP contribution in [0.25, 0.3) is 0 Å². The van der Waals surface area contributed by atoms with Crippen molar-refractivity contribution >= 4 is 33.3 Å². The maximum atomic E-state index is 11.5. The lowest BCUT2D eigenvalue weighted by molar-refractivity contribution is -0.117. The van der Waals surface area contributed by atoms with Crippen LogP contribution in [0.1, 0.15) is 23.2 Å². The van der Waals surface area contributed by atoms with Gasteiger partial charge in [0.05, 0.1) is 5.33 Å². The summed E-state index contributed by atoms with van der Waals surface area (Å²) >= 11 is 3.12. The molecule has 4 heteroatoms. The number of Topliss-reactive ketones (excluding diaryl/α,β-unsaturated/α-hetero) is 1. The van der Waals surface area contributed by atoms with Crippen molar-refractivity contribution in [2.24, 2.45) is 5.92 Å². The quantitative estimate of drug-likeness (QED) is 0.681. The molecule has 0 bridgehead atoms. The first kappa shape index (κ1) is 11.3. The monoisotopic (exact) mass is 281 g/mol. The van der Waals surface area contributed by atoms with Gasteiger partial charge < -0.3 is 5.32 Å². The lowest BCUT2D eigenvalue weighted by Gasteiger charge is -2.04. The van der Waals surface area contributed by atoms with Crippen molar-refractivity contribution < 1.29 is 9.59 Å². The van der Waals surface area contributed by atoms with Gasteiger partial charge in [0.25, 0.3) is 0 Å². The molecule has 0 unspecified atom stereocenters. The van der Waals surface area contributed by atoms with Crippen molar-refractivity contribution in [2.45, 2.75) is 12.8 Å². The maximum Gasteiger partial charge on any atom is 0.227 e. The topological polar surface area (TPSA) is 46.2 Å². The van der Waals surface area contributed by atoms with Crippen molar-refractivity contribution in [3.05, 3.63) is 29.8 Å². The van der Waals surface area contributed by atoms with Gasteiger partial charge in [0.2, 0.25) is 5.91 Å². The molecule has 0 saturated heterocycles. The summed E-state index contributed by atoms with van der Waals surface area (Å²) in [5, 5.41) is 3.15. The van der Waals surface area contributed by atoms with Gasteiger partial charge in [0, 0.05) is 17.2 Å². The second-order valence-electron chi connectivity index (χ2n) is 3.90. The molecule has 0 spiro atoms. The minimum absolute atomic E-state index is 0.0417. The van der Waals surface area contributed by atoms with Gasteiger partial charge in [-0.05, 0) is 37.1 Å². The normalized spacial score (nSPS) is 14.6. The summed E-state index contributed by atoms with van der Waals surface area (Å²) in [4.78, 5) is 22.8. The van der Waals surface area contributed by atoms with Crippen LogP contribution in [0.2, 0.25) is 0 Å². The first-order valence-corrected chi connectivity index (χ1v) is 6.33. The van der Waals surface area contributed by atoms with Gasteiger partial charge in [-0.15, -0.1) is 0 Å². The number of halogens is 1. The molecule has 1 aliphatic carbocycles. The SMILES string of the molecule is O=C(CBr)c1ccc(NC(=O)C2CC2)cc1. The average Bonchev–Trinajstić information content (AvgIpc) is 3.13. The Labute approximate surface area is 102 Å². The second kappa shape index (κ2) is 4.78. The second-order valence-corrected chi connectivity index (χ2v) is 4.46. The molecule has 0 atom stereocenters. The van der Waals surface area contributed by atoms with E-state index in [2.05, 4.69) is 21.2 Å². The van der Waals surface area contributed by atoms with Crippen LogP contribution in [0.3, 0.4) is 0 Å². The number of carbonyl (C=O) groups is 2. The van der Waals surface area contributed by atoms with Crippen LogP contribution in [0.15, 0.2) is 24.3 Å². The summed E-state index contributed by atoms with van der Waals surface area (Å²) in [5.41, 5.74) is 1.41. The fraction of sp³-hybridized carbons (Fsp3) is 0.333. The van der Waals surface area contributed by atoms with Gasteiger partial charge in [-0.2, -0.15) is 0 Å². The summed E-state index contributed by atoms with van der Waals surface area (Å²) in [5.74, 6) is 0.323. The Bertz CT molecular complexity index is 410. The smallest absolute Gasteiger partial charge is 0.227 e. The lowest BCUT2D eigenvalue weighted by atomic mass is 10.1. The van der Waals surface area contributed by atoms with Gasteiger partial charge in [0.15, 0.2) is 5.78 Å². The number of nitrogens with one attached hydrogen (secondary N) is 1. The average molecular weight is 282 g/mol. The van der Waals surface area contributed by atoms with Crippen molar-refractivity contribution in [3.63, 3.8) is 0 Å². The van der Waals surface area contributed by atoms with Gasteiger partial charge in [-0.1, -0.05) is 15.9 Å². The number of hydrogen-bond donors (Lipinski definition) is 1. The fourth-order valence-corrected chi connectivity index (χ4v) is 1.73. The molecule has 1 saturated carbocycles. The Morgan fingerprint density at radius 3 is 2.38 bits per heavy atom. The van der Waals surface area contributed by atoms with E-state index in [1.165, 1.54) is 0 Å². The Kier molecular flexibility index (Phi) is 3.39. The predicted molar refractivity (Wildman–Crippen MR) is 65.9 cm³/mol. The molecule has 0 aromatic heterocycles. The molecule has 2 rings (SSSR count). The highest BCUT2D eigenvalue weighted by molar-refractivity contribution is 9.09. The summed E-state index contributed by atoms with van der Waals surface area (Å²) < 4.78 is 0. The minimum atomic E-state index is 0.0417. The number of ketones is 1. The van der Waals surface area contributed by atoms with E-state index in [0.29, 0.717) is 10.9 Å². The van der Waals surface area contributed by atoms with E-state index in [1.54, 1.807) is 24.3 Å². The summed E-state index contributed by atoms with van der Waals surface area (Å²) in [6.07, 6.45) is 1.98. The Hall–Kier alpha value is -1.16. The first-order valence-electron chi connectivity index (χ1n) is 5.21. The molecule has 0 radical (unpaired) electrons. The van der Waals surface area contributed by atoms with E-state index in [0.717, 1.165) is 18.5 Å². The minimum Gasteiger partial charge on any atom is -0.326 e. The molecule has 1 amide bonds. The largest absolute Gasteiger partial charge is 0.326 e. The number of carbonyl (C=O) groups excluding carboxylic acids is 2. The number of amides is 1. The summed E-state index contributed by atoms with van der Waals surface area (Å²) in [6, 6.07) is 6.98. The standard InChI is InChI=1S/C12H12BrNO2/c13-7-11(15)8-3-5-10(6-4-8)14-12(16)9-1-2-9/h3-6,9H,1-2,7H2,(H,14,16). The highest BCUT2D eigenvalue weighted by Crippen LogP contribution is 2.30. The molecule has 1 N–H and O–H groups in total. The predicted octanol–water partition coefficient (Wildman–Crippen LogP) is 2.61. The van der Waals surface area contributed by atoms with Crippen LogP contribution in [0.5, 0.6) is 0 Å². The van der Waals surface area contributed by atoms with Crippen LogP contribution in [-0.4, -0.2) is 17.0 Å². The summed E-state index contributed by atoms with van der Waals surface area (Å²) in [6.45, 7) is 0. The zero-order valence-corrected chi connectivity index (χ0v) is 10.3. The van der Waals surface area contributed by atoms with Crippen molar-refractivity contribution in [1.82, 2.24) is 0 Å². The Morgan fingerprint density at radius 2 is 1.88 bits per heavy atom. The molecular formula is C12H12BrNO2. The van der Waals surface area contributed by atoms with E-state index in [9.17, 15) is 9.59 Å². The molecule has 0 aliphatic heterocycles. The number of rotatable bonds is 4. The number of benzene rings is 1. The molecule has 1 fully saturated rings. The third-order valence-corrected chi connectivity index (χ3v) is 3.05. The lowest BCUT2D eigenvalue weighted by Crippen LogP contribution is -2.13. The van der Waals surface area contributed by atoms with Gasteiger partial charge in [-0.25, -0.2) is 0 Å². The van der Waals surface area contributed by atoms with Crippen molar-refractivity contribution in [1.29, 1.82) is 0 Å². The molecule has 84 valence electrons. The zero-order chi connectivity index (χ0) is 11.5. The van der Waals surface area contributed by atoms with Crippen molar-refractivity contribution in [3.8, 4) is 0 Å². The first-order chi connectivity index (χ1) is 7.70. The van der Waals surface area contributed by atoms with Crippen LogP contribution in [0, 0.1) is 5.92 Å². The third kappa shape index (κ3) is 2.70. The van der Waals surface area contributed by atoms with Crippen LogP contribution >= 0.6 is 15.9 Å². The van der Waals surface area contributed by atoms with Gasteiger partial charge >= 0.3 is 0 Å². The molecule has 3 nitrogen and oxygen atoms in total. The Morgan fingerprint density at radius 1 is 1.25 bits per heavy atom. The molecule has 0 heterocycles. The molecule has 1 aromatic rings. The van der Waals surface area contributed by atoms with E-state index in [1.807, 2.05) is 0 Å². The zero-order valence-electron chi connectivity index (χ0n) is 8.70. The van der Waals surface area contributed by atoms with Gasteiger partial charge in [0.1, 0.15) is 0 Å². The third-order valence-electron chi connectivity index (χ3n) is 2.54. The molecule has 1 aromatic carbocycles. The van der Waals surface area contributed by atoms with Crippen LogP contribution < -0.4 is 5.32 Å². The molecular weight excluding hydrogens is 270 g/mol. The molecule has 1 aliphatic rings. The van der Waals surface area contributed by atoms with Gasteiger partial charge in [-0.3, -0.25) is 9.59 Å². The summed E-state index contributed by atoms with van der Waals surface area (Å²) in [7, 11) is 0. The van der Waals surface area contributed by atoms with E-state index in [4.69, 9.17) is 0 Å². The van der Waals surface area contributed by atoms with Crippen LogP contribution in [0.4, 0.5) is 5.69 Å². The van der Waals surface area contributed by atoms with E-state index in [-0.39, 0.29) is 17.6 Å². The number of alkyl halides is 1. The highest BCUT2D eigenvalue weighted by atomic mass is 79.9. The van der Waals surface area contributed by atoms with Crippen LogP contribution in [-0.2, 0) is 4.79 Å². The Balaban J connectivity index is 2.01. The number of anilines is 1. The molecule has 16 heavy (non-hydrogen) atoms. The van der Waals surface area contributed by atoms with Crippen molar-refractivity contribution in [2.75, 3.05) is 10.6 Å². The van der Waals surface area contributed by atoms with E-state index >= 15 is 0 Å². The fourth-order valence-electron chi connectivity index (χ4n) is 1.41. The van der Waals surface area contributed by atoms with E-state index < -0.39 is 0 Å². The number of hydrogen-bond acceptors (Lipinski definition) is 2.